The van der Waals surface area contributed by atoms with Crippen LogP contribution in [-0.4, -0.2) is 53.3 Å². The maximum absolute atomic E-state index is 12.8. The van der Waals surface area contributed by atoms with E-state index >= 15 is 0 Å². The number of benzene rings is 1. The highest BCUT2D eigenvalue weighted by Gasteiger charge is 2.21. The molecule has 0 saturated heterocycles. The predicted molar refractivity (Wildman–Crippen MR) is 110 cm³/mol. The zero-order valence-corrected chi connectivity index (χ0v) is 16.7. The zero-order valence-electron chi connectivity index (χ0n) is 16.0. The number of aromatic nitrogens is 2. The molecule has 7 nitrogen and oxygen atoms in total. The number of rotatable bonds is 6. The van der Waals surface area contributed by atoms with Gasteiger partial charge >= 0.3 is 0 Å². The second-order valence-electron chi connectivity index (χ2n) is 6.71. The topological polar surface area (TPSA) is 78.7 Å². The highest BCUT2D eigenvalue weighted by Crippen LogP contribution is 2.21. The van der Waals surface area contributed by atoms with Crippen molar-refractivity contribution in [2.24, 2.45) is 0 Å². The van der Waals surface area contributed by atoms with Crippen molar-refractivity contribution in [3.05, 3.63) is 64.7 Å². The molecule has 0 saturated carbocycles. The highest BCUT2D eigenvalue weighted by molar-refractivity contribution is 6.30. The summed E-state index contributed by atoms with van der Waals surface area (Å²) >= 11 is 5.97. The van der Waals surface area contributed by atoms with Gasteiger partial charge in [-0.2, -0.15) is 0 Å². The lowest BCUT2D eigenvalue weighted by Crippen LogP contribution is -2.31. The van der Waals surface area contributed by atoms with Crippen LogP contribution in [0.1, 0.15) is 26.7 Å². The number of carbonyl (C=O) groups is 2. The van der Waals surface area contributed by atoms with E-state index in [9.17, 15) is 9.59 Å². The van der Waals surface area contributed by atoms with E-state index in [2.05, 4.69) is 15.6 Å². The number of amides is 2. The Bertz CT molecular complexity index is 1030. The van der Waals surface area contributed by atoms with E-state index < -0.39 is 5.91 Å². The van der Waals surface area contributed by atoms with Crippen molar-refractivity contribution >= 4 is 34.6 Å². The van der Waals surface area contributed by atoms with Crippen molar-refractivity contribution in [3.8, 4) is 0 Å². The lowest BCUT2D eigenvalue weighted by Gasteiger charge is -2.09. The number of aryl methyl sites for hydroxylation is 1. The number of hydrogen-bond acceptors (Lipinski definition) is 4. The summed E-state index contributed by atoms with van der Waals surface area (Å²) < 4.78 is 1.61. The molecule has 28 heavy (non-hydrogen) atoms. The summed E-state index contributed by atoms with van der Waals surface area (Å²) in [5, 5.41) is 6.27. The summed E-state index contributed by atoms with van der Waals surface area (Å²) in [5.74, 6) is -0.575. The molecule has 8 heteroatoms. The minimum Gasteiger partial charge on any atom is -0.349 e. The molecule has 3 rings (SSSR count). The van der Waals surface area contributed by atoms with E-state index in [1.54, 1.807) is 47.0 Å². The SMILES string of the molecule is Cc1cc(Cl)ccc1NC(=O)c1nc(C(=O)NCCN(C)C)c2ccccn12. The minimum absolute atomic E-state index is 0.141. The first-order valence-electron chi connectivity index (χ1n) is 8.84. The smallest absolute Gasteiger partial charge is 0.292 e. The van der Waals surface area contributed by atoms with Gasteiger partial charge in [-0.15, -0.1) is 0 Å². The molecule has 2 heterocycles. The monoisotopic (exact) mass is 399 g/mol. The van der Waals surface area contributed by atoms with E-state index in [1.165, 1.54) is 0 Å². The maximum atomic E-state index is 12.8. The first-order valence-corrected chi connectivity index (χ1v) is 9.22. The van der Waals surface area contributed by atoms with E-state index in [-0.39, 0.29) is 17.4 Å². The first kappa shape index (κ1) is 19.9. The lowest BCUT2D eigenvalue weighted by atomic mass is 10.2. The first-order chi connectivity index (χ1) is 13.4. The van der Waals surface area contributed by atoms with Gasteiger partial charge in [0.05, 0.1) is 5.52 Å². The molecule has 0 bridgehead atoms. The number of carbonyl (C=O) groups excluding carboxylic acids is 2. The van der Waals surface area contributed by atoms with Crippen LogP contribution in [-0.2, 0) is 0 Å². The van der Waals surface area contributed by atoms with Crippen molar-refractivity contribution in [2.75, 3.05) is 32.5 Å². The fourth-order valence-corrected chi connectivity index (χ4v) is 3.01. The van der Waals surface area contributed by atoms with Crippen LogP contribution in [0.25, 0.3) is 5.52 Å². The molecular formula is C20H22ClN5O2. The molecule has 0 spiro atoms. The van der Waals surface area contributed by atoms with Crippen molar-refractivity contribution in [1.82, 2.24) is 19.6 Å². The Morgan fingerprint density at radius 1 is 1.18 bits per heavy atom. The molecule has 0 aliphatic rings. The van der Waals surface area contributed by atoms with Crippen LogP contribution >= 0.6 is 11.6 Å². The number of nitrogens with zero attached hydrogens (tertiary/aromatic N) is 3. The number of pyridine rings is 1. The van der Waals surface area contributed by atoms with Crippen molar-refractivity contribution in [1.29, 1.82) is 0 Å². The van der Waals surface area contributed by atoms with Gasteiger partial charge in [0.1, 0.15) is 0 Å². The standard InChI is InChI=1S/C20H22ClN5O2/c1-13-12-14(21)7-8-15(13)23-20(28)18-24-17(16-6-4-5-10-26(16)18)19(27)22-9-11-25(2)3/h4-8,10,12H,9,11H2,1-3H3,(H,22,27)(H,23,28). The molecule has 3 aromatic rings. The number of hydrogen-bond donors (Lipinski definition) is 2. The number of nitrogens with one attached hydrogen (secondary N) is 2. The van der Waals surface area contributed by atoms with Gasteiger partial charge in [-0.3, -0.25) is 14.0 Å². The van der Waals surface area contributed by atoms with Crippen molar-refractivity contribution in [2.45, 2.75) is 6.92 Å². The van der Waals surface area contributed by atoms with Crippen LogP contribution in [0.3, 0.4) is 0 Å². The average Bonchev–Trinajstić information content (AvgIpc) is 3.03. The van der Waals surface area contributed by atoms with Crippen LogP contribution in [0.2, 0.25) is 5.02 Å². The molecule has 0 aliphatic heterocycles. The molecule has 2 N–H and O–H groups in total. The second-order valence-corrected chi connectivity index (χ2v) is 7.15. The molecule has 1 aromatic carbocycles. The van der Waals surface area contributed by atoms with E-state index in [0.717, 1.165) is 5.56 Å². The molecule has 0 radical (unpaired) electrons. The Hall–Kier alpha value is -2.90. The normalized spacial score (nSPS) is 11.0. The Morgan fingerprint density at radius 3 is 2.68 bits per heavy atom. The molecule has 0 aliphatic carbocycles. The lowest BCUT2D eigenvalue weighted by molar-refractivity contribution is 0.0948. The maximum Gasteiger partial charge on any atom is 0.292 e. The Kier molecular flexibility index (Phi) is 5.96. The van der Waals surface area contributed by atoms with Crippen LogP contribution < -0.4 is 10.6 Å². The minimum atomic E-state index is -0.404. The molecule has 0 fully saturated rings. The van der Waals surface area contributed by atoms with Gasteiger partial charge in [0.2, 0.25) is 5.82 Å². The summed E-state index contributed by atoms with van der Waals surface area (Å²) in [6.07, 6.45) is 1.71. The summed E-state index contributed by atoms with van der Waals surface area (Å²) in [5.41, 5.74) is 2.27. The van der Waals surface area contributed by atoms with Crippen LogP contribution in [0, 0.1) is 6.92 Å². The van der Waals surface area contributed by atoms with Crippen LogP contribution in [0.4, 0.5) is 5.69 Å². The van der Waals surface area contributed by atoms with Crippen molar-refractivity contribution < 1.29 is 9.59 Å². The van der Waals surface area contributed by atoms with Crippen LogP contribution in [0.5, 0.6) is 0 Å². The van der Waals surface area contributed by atoms with E-state index in [0.29, 0.717) is 29.3 Å². The molecule has 146 valence electrons. The molecule has 2 amide bonds. The van der Waals surface area contributed by atoms with Gasteiger partial charge in [0.25, 0.3) is 11.8 Å². The van der Waals surface area contributed by atoms with Gasteiger partial charge in [0, 0.05) is 30.0 Å². The molecule has 0 atom stereocenters. The van der Waals surface area contributed by atoms with Crippen LogP contribution in [0.15, 0.2) is 42.6 Å². The molecule has 0 unspecified atom stereocenters. The summed E-state index contributed by atoms with van der Waals surface area (Å²) in [6, 6.07) is 10.6. The number of fused-ring (bicyclic) bond motifs is 1. The van der Waals surface area contributed by atoms with Gasteiger partial charge < -0.3 is 15.5 Å². The number of imidazole rings is 1. The number of anilines is 1. The number of likely N-dealkylation sites (N-methyl/N-ethyl adjacent to an activating group) is 1. The number of halogens is 1. The Labute approximate surface area is 168 Å². The third-order valence-corrected chi connectivity index (χ3v) is 4.48. The van der Waals surface area contributed by atoms with Crippen molar-refractivity contribution in [3.63, 3.8) is 0 Å². The fourth-order valence-electron chi connectivity index (χ4n) is 2.79. The second kappa shape index (κ2) is 8.41. The van der Waals surface area contributed by atoms with Gasteiger partial charge in [-0.1, -0.05) is 17.7 Å². The summed E-state index contributed by atoms with van der Waals surface area (Å²) in [6.45, 7) is 3.05. The molecular weight excluding hydrogens is 378 g/mol. The largest absolute Gasteiger partial charge is 0.349 e. The Balaban J connectivity index is 1.89. The van der Waals surface area contributed by atoms with Gasteiger partial charge in [0.15, 0.2) is 5.69 Å². The summed E-state index contributed by atoms with van der Waals surface area (Å²) in [4.78, 5) is 31.7. The van der Waals surface area contributed by atoms with Gasteiger partial charge in [-0.05, 0) is 56.9 Å². The molecule has 2 aromatic heterocycles. The zero-order chi connectivity index (χ0) is 20.3. The predicted octanol–water partition coefficient (Wildman–Crippen LogP) is 2.84. The van der Waals surface area contributed by atoms with E-state index in [4.69, 9.17) is 11.6 Å². The van der Waals surface area contributed by atoms with E-state index in [1.807, 2.05) is 25.9 Å². The Morgan fingerprint density at radius 2 is 1.96 bits per heavy atom. The quantitative estimate of drug-likeness (QED) is 0.668. The third kappa shape index (κ3) is 4.32. The highest BCUT2D eigenvalue weighted by atomic mass is 35.5. The summed E-state index contributed by atoms with van der Waals surface area (Å²) in [7, 11) is 3.86. The average molecular weight is 400 g/mol. The third-order valence-electron chi connectivity index (χ3n) is 4.25. The fraction of sp³-hybridized carbons (Fsp3) is 0.250. The van der Waals surface area contributed by atoms with Gasteiger partial charge in [-0.25, -0.2) is 4.98 Å².